The molecule has 2 rings (SSSR count). The summed E-state index contributed by atoms with van der Waals surface area (Å²) < 4.78 is 26.9. The van der Waals surface area contributed by atoms with Gasteiger partial charge in [0.05, 0.1) is 13.7 Å². The van der Waals surface area contributed by atoms with Gasteiger partial charge in [0.25, 0.3) is 5.09 Å². The van der Waals surface area contributed by atoms with E-state index in [1.807, 2.05) is 45.0 Å². The van der Waals surface area contributed by atoms with E-state index < -0.39 is 36.1 Å². The van der Waals surface area contributed by atoms with Crippen molar-refractivity contribution in [3.8, 4) is 11.5 Å². The first kappa shape index (κ1) is 38.4. The Bertz CT molecular complexity index is 1180. The smallest absolute Gasteiger partial charge is 0.493 e. The van der Waals surface area contributed by atoms with Crippen LogP contribution in [-0.4, -0.2) is 70.1 Å². The first-order valence-electron chi connectivity index (χ1n) is 15.6. The van der Waals surface area contributed by atoms with Gasteiger partial charge in [0.15, 0.2) is 11.5 Å². The van der Waals surface area contributed by atoms with E-state index in [9.17, 15) is 19.7 Å². The van der Waals surface area contributed by atoms with E-state index in [4.69, 9.17) is 35.2 Å². The van der Waals surface area contributed by atoms with E-state index in [2.05, 4.69) is 24.0 Å². The zero-order chi connectivity index (χ0) is 34.4. The first-order valence-corrected chi connectivity index (χ1v) is 15.6. The van der Waals surface area contributed by atoms with Gasteiger partial charge in [-0.05, 0) is 61.6 Å². The molecule has 0 aliphatic heterocycles. The van der Waals surface area contributed by atoms with Crippen LogP contribution in [0.1, 0.15) is 59.4 Å². The van der Waals surface area contributed by atoms with E-state index >= 15 is 0 Å². The van der Waals surface area contributed by atoms with Crippen molar-refractivity contribution in [1.82, 2.24) is 5.32 Å². The molecular formula is C32H52N4O10. The Morgan fingerprint density at radius 1 is 1.07 bits per heavy atom. The lowest BCUT2D eigenvalue weighted by molar-refractivity contribution is -0.765. The van der Waals surface area contributed by atoms with E-state index in [0.717, 1.165) is 17.7 Å². The predicted octanol–water partition coefficient (Wildman–Crippen LogP) is 3.97. The van der Waals surface area contributed by atoms with E-state index in [0.29, 0.717) is 44.1 Å². The number of hydrogen-bond donors (Lipinski definition) is 3. The molecular weight excluding hydrogens is 600 g/mol. The van der Waals surface area contributed by atoms with Crippen LogP contribution in [0.4, 0.5) is 4.79 Å². The highest BCUT2D eigenvalue weighted by molar-refractivity contribution is 5.79. The van der Waals surface area contributed by atoms with Gasteiger partial charge in [0.2, 0.25) is 12.7 Å². The molecule has 14 nitrogen and oxygen atoms in total. The maximum absolute atomic E-state index is 13.3. The Balaban J connectivity index is 2.21. The number of nitrogens with two attached hydrogens (primary N) is 2. The Kier molecular flexibility index (Phi) is 15.4. The highest BCUT2D eigenvalue weighted by Crippen LogP contribution is 2.39. The number of carbonyl (C=O) groups excluding carboxylic acids is 2. The van der Waals surface area contributed by atoms with Crippen molar-refractivity contribution in [1.29, 1.82) is 0 Å². The standard InChI is InChI=1S/C32H52N4O10/c1-20(2)23(13-22-9-10-26(42-7)28(14-22)43-12-8-11-41-6)15-25(33)27(46-31(38)44-19-45-36(39)40)16-24(21(3)4)30(37)35-18-32(5)17-29(32)34/h9-10,14,17,20-21,23-25,27H,8,11-13,15-16,18-19,33-34H2,1-7H3,(H,35,37). The molecule has 1 amide bonds. The summed E-state index contributed by atoms with van der Waals surface area (Å²) in [5, 5.41) is 12.4. The van der Waals surface area contributed by atoms with Crippen LogP contribution in [0.25, 0.3) is 0 Å². The molecule has 0 saturated heterocycles. The lowest BCUT2D eigenvalue weighted by atomic mass is 9.80. The number of nitrogens with zero attached hydrogens (tertiary/aromatic N) is 1. The van der Waals surface area contributed by atoms with Crippen molar-refractivity contribution < 1.29 is 43.2 Å². The Labute approximate surface area is 271 Å². The largest absolute Gasteiger partial charge is 0.510 e. The minimum absolute atomic E-state index is 0.0554. The van der Waals surface area contributed by atoms with E-state index in [1.165, 1.54) is 0 Å². The summed E-state index contributed by atoms with van der Waals surface area (Å²) in [6.45, 7) is 10.4. The number of methoxy groups -OCH3 is 2. The van der Waals surface area contributed by atoms with Crippen molar-refractivity contribution in [2.45, 2.75) is 72.4 Å². The van der Waals surface area contributed by atoms with Crippen LogP contribution < -0.4 is 26.3 Å². The van der Waals surface area contributed by atoms with Crippen LogP contribution in [0.3, 0.4) is 0 Å². The van der Waals surface area contributed by atoms with Crippen molar-refractivity contribution in [3.05, 3.63) is 45.6 Å². The van der Waals surface area contributed by atoms with Crippen molar-refractivity contribution >= 4 is 12.1 Å². The van der Waals surface area contributed by atoms with E-state index in [1.54, 1.807) is 14.2 Å². The molecule has 5 unspecified atom stereocenters. The zero-order valence-electron chi connectivity index (χ0n) is 28.1. The summed E-state index contributed by atoms with van der Waals surface area (Å²) in [7, 11) is 3.23. The molecule has 0 heterocycles. The normalized spacial score (nSPS) is 18.2. The molecule has 14 heteroatoms. The minimum Gasteiger partial charge on any atom is -0.493 e. The topological polar surface area (TPSA) is 197 Å². The van der Waals surface area contributed by atoms with Gasteiger partial charge in [0, 0.05) is 49.8 Å². The highest BCUT2D eigenvalue weighted by Gasteiger charge is 2.39. The van der Waals surface area contributed by atoms with Gasteiger partial charge in [-0.3, -0.25) is 9.63 Å². The fraction of sp³-hybridized carbons (Fsp3) is 0.688. The van der Waals surface area contributed by atoms with Crippen LogP contribution in [0.5, 0.6) is 11.5 Å². The molecule has 0 aromatic heterocycles. The van der Waals surface area contributed by atoms with Gasteiger partial charge in [-0.2, -0.15) is 0 Å². The monoisotopic (exact) mass is 652 g/mol. The van der Waals surface area contributed by atoms with Gasteiger partial charge >= 0.3 is 6.16 Å². The summed E-state index contributed by atoms with van der Waals surface area (Å²) in [6, 6.07) is 5.11. The van der Waals surface area contributed by atoms with Gasteiger partial charge in [-0.25, -0.2) is 4.79 Å². The minimum atomic E-state index is -1.18. The number of hydrogen-bond acceptors (Lipinski definition) is 12. The predicted molar refractivity (Wildman–Crippen MR) is 170 cm³/mol. The molecule has 260 valence electrons. The number of amides is 1. The van der Waals surface area contributed by atoms with Crippen LogP contribution >= 0.6 is 0 Å². The SMILES string of the molecule is COCCCOc1cc(CC(CC(N)C(CC(C(=O)NCC2(C)C=C2N)C(C)C)OC(=O)OCO[N+](=O)[O-])C(C)C)ccc1OC. The summed E-state index contributed by atoms with van der Waals surface area (Å²) in [5.74, 6) is 0.616. The summed E-state index contributed by atoms with van der Waals surface area (Å²) in [5.41, 5.74) is 14.0. The van der Waals surface area contributed by atoms with Crippen LogP contribution in [0.15, 0.2) is 30.0 Å². The second-order valence-corrected chi connectivity index (χ2v) is 12.6. The third kappa shape index (κ3) is 12.5. The van der Waals surface area contributed by atoms with Crippen molar-refractivity contribution in [2.75, 3.05) is 40.8 Å². The van der Waals surface area contributed by atoms with Gasteiger partial charge < -0.3 is 40.5 Å². The fourth-order valence-corrected chi connectivity index (χ4v) is 5.12. The van der Waals surface area contributed by atoms with Gasteiger partial charge in [0.1, 0.15) is 6.10 Å². The molecule has 0 radical (unpaired) electrons. The highest BCUT2D eigenvalue weighted by atomic mass is 17.0. The zero-order valence-corrected chi connectivity index (χ0v) is 28.1. The molecule has 0 spiro atoms. The van der Waals surface area contributed by atoms with Crippen LogP contribution in [-0.2, 0) is 30.3 Å². The first-order chi connectivity index (χ1) is 21.7. The maximum atomic E-state index is 13.3. The number of nitrogens with one attached hydrogen (secondary N) is 1. The van der Waals surface area contributed by atoms with Crippen LogP contribution in [0, 0.1) is 39.2 Å². The molecule has 0 fully saturated rings. The average molecular weight is 653 g/mol. The number of rotatable bonds is 22. The third-order valence-corrected chi connectivity index (χ3v) is 8.36. The number of ether oxygens (including phenoxy) is 5. The molecule has 1 aliphatic rings. The Hall–Kier alpha value is -3.78. The van der Waals surface area contributed by atoms with Crippen molar-refractivity contribution in [3.63, 3.8) is 0 Å². The lowest BCUT2D eigenvalue weighted by Crippen LogP contribution is -2.45. The van der Waals surface area contributed by atoms with Gasteiger partial charge in [-0.1, -0.05) is 39.8 Å². The summed E-state index contributed by atoms with van der Waals surface area (Å²) in [4.78, 5) is 40.4. The quantitative estimate of drug-likeness (QED) is 0.0537. The second kappa shape index (κ2) is 18.4. The van der Waals surface area contributed by atoms with Crippen molar-refractivity contribution in [2.24, 2.45) is 40.6 Å². The summed E-state index contributed by atoms with van der Waals surface area (Å²) in [6.07, 6.45) is 1.71. The number of carbonyl (C=O) groups is 2. The molecule has 1 aromatic carbocycles. The fourth-order valence-electron chi connectivity index (χ4n) is 5.12. The Morgan fingerprint density at radius 2 is 1.76 bits per heavy atom. The molecule has 46 heavy (non-hydrogen) atoms. The molecule has 1 aliphatic carbocycles. The van der Waals surface area contributed by atoms with Gasteiger partial charge in [-0.15, -0.1) is 10.1 Å². The summed E-state index contributed by atoms with van der Waals surface area (Å²) >= 11 is 0. The van der Waals surface area contributed by atoms with E-state index in [-0.39, 0.29) is 35.5 Å². The second-order valence-electron chi connectivity index (χ2n) is 12.6. The molecule has 5 N–H and O–H groups in total. The molecule has 0 saturated carbocycles. The molecule has 5 atom stereocenters. The Morgan fingerprint density at radius 3 is 2.33 bits per heavy atom. The molecule has 1 aromatic rings. The maximum Gasteiger partial charge on any atom is 0.510 e. The van der Waals surface area contributed by atoms with Crippen LogP contribution in [0.2, 0.25) is 0 Å². The number of benzene rings is 1. The average Bonchev–Trinajstić information content (AvgIpc) is 3.60. The molecule has 0 bridgehead atoms. The third-order valence-electron chi connectivity index (χ3n) is 8.36. The lowest BCUT2D eigenvalue weighted by Gasteiger charge is -2.32.